The molecule has 0 unspecified atom stereocenters. The van der Waals surface area contributed by atoms with Crippen LogP contribution in [0.5, 0.6) is 0 Å². The van der Waals surface area contributed by atoms with Gasteiger partial charge in [0.2, 0.25) is 0 Å². The van der Waals surface area contributed by atoms with Gasteiger partial charge >= 0.3 is 0 Å². The summed E-state index contributed by atoms with van der Waals surface area (Å²) in [6, 6.07) is 66.6. The van der Waals surface area contributed by atoms with Crippen LogP contribution in [0.3, 0.4) is 0 Å². The van der Waals surface area contributed by atoms with Crippen LogP contribution in [0, 0.1) is 0 Å². The van der Waals surface area contributed by atoms with Gasteiger partial charge in [0, 0.05) is 53.1 Å². The van der Waals surface area contributed by atoms with Crippen molar-refractivity contribution in [2.45, 2.75) is 0 Å². The Labute approximate surface area is 298 Å². The van der Waals surface area contributed by atoms with Gasteiger partial charge in [0.25, 0.3) is 0 Å². The predicted octanol–water partition coefficient (Wildman–Crippen LogP) is 13.6. The lowest BCUT2D eigenvalue weighted by atomic mass is 9.99. The number of fused-ring (bicyclic) bond motifs is 9. The second kappa shape index (κ2) is 11.0. The molecule has 2 nitrogen and oxygen atoms in total. The number of rotatable bonds is 4. The van der Waals surface area contributed by atoms with E-state index in [0.717, 1.165) is 5.69 Å². The average Bonchev–Trinajstić information content (AvgIpc) is 3.85. The maximum absolute atomic E-state index is 2.43. The van der Waals surface area contributed by atoms with Crippen LogP contribution < -0.4 is 0 Å². The summed E-state index contributed by atoms with van der Waals surface area (Å²) in [5, 5.41) is 7.69. The highest BCUT2D eigenvalue weighted by molar-refractivity contribution is 7.26. The summed E-state index contributed by atoms with van der Waals surface area (Å²) >= 11 is 1.89. The van der Waals surface area contributed by atoms with Crippen LogP contribution in [-0.4, -0.2) is 9.13 Å². The Morgan fingerprint density at radius 2 is 0.843 bits per heavy atom. The standard InChI is InChI=1S/C48H30N2S/c1-3-12-34(13-4-1)49-43-20-9-7-16-37(43)41-28-31(23-26-44(41)49)32-24-27-45-42(29-32)38-25-22-33(30-46(38)50(45)35-14-5-2-6-15-35)36-18-11-19-40-39-17-8-10-21-47(39)51-48(36)40/h1-30H. The molecule has 0 aliphatic heterocycles. The first-order valence-electron chi connectivity index (χ1n) is 17.4. The molecule has 3 heterocycles. The number of para-hydroxylation sites is 3. The molecule has 11 rings (SSSR count). The van der Waals surface area contributed by atoms with E-state index in [-0.39, 0.29) is 0 Å². The van der Waals surface area contributed by atoms with E-state index in [0.29, 0.717) is 0 Å². The fourth-order valence-electron chi connectivity index (χ4n) is 8.21. The number of hydrogen-bond acceptors (Lipinski definition) is 1. The van der Waals surface area contributed by atoms with Gasteiger partial charge in [-0.2, -0.15) is 0 Å². The zero-order valence-corrected chi connectivity index (χ0v) is 28.4. The van der Waals surface area contributed by atoms with E-state index in [1.165, 1.54) is 91.7 Å². The molecule has 0 bridgehead atoms. The molecule has 3 heteroatoms. The topological polar surface area (TPSA) is 9.86 Å². The molecule has 11 aromatic rings. The van der Waals surface area contributed by atoms with Crippen molar-refractivity contribution in [3.8, 4) is 33.6 Å². The number of aromatic nitrogens is 2. The molecule has 0 saturated heterocycles. The van der Waals surface area contributed by atoms with Gasteiger partial charge in [0.05, 0.1) is 22.1 Å². The molecular formula is C48H30N2S. The van der Waals surface area contributed by atoms with Crippen molar-refractivity contribution < 1.29 is 0 Å². The quantitative estimate of drug-likeness (QED) is 0.177. The molecule has 0 atom stereocenters. The molecule has 0 aliphatic carbocycles. The highest BCUT2D eigenvalue weighted by atomic mass is 32.1. The van der Waals surface area contributed by atoms with Crippen LogP contribution in [0.15, 0.2) is 182 Å². The SMILES string of the molecule is c1ccc(-n2c3ccccc3c3cc(-c4ccc5c(c4)c4ccc(-c6cccc7c6sc6ccccc67)cc4n5-c4ccccc4)ccc32)cc1. The lowest BCUT2D eigenvalue weighted by Crippen LogP contribution is -1.93. The summed E-state index contributed by atoms with van der Waals surface area (Å²) in [5.41, 5.74) is 12.1. The van der Waals surface area contributed by atoms with Gasteiger partial charge in [0.15, 0.2) is 0 Å². The van der Waals surface area contributed by atoms with Gasteiger partial charge in [-0.15, -0.1) is 11.3 Å². The van der Waals surface area contributed by atoms with Gasteiger partial charge in [-0.1, -0.05) is 115 Å². The Hall–Kier alpha value is -6.42. The fraction of sp³-hybridized carbons (Fsp3) is 0. The van der Waals surface area contributed by atoms with Gasteiger partial charge in [-0.05, 0) is 89.0 Å². The normalized spacial score (nSPS) is 11.9. The Kier molecular flexibility index (Phi) is 6.16. The van der Waals surface area contributed by atoms with Crippen molar-refractivity contribution in [3.63, 3.8) is 0 Å². The van der Waals surface area contributed by atoms with Crippen LogP contribution in [0.25, 0.3) is 97.4 Å². The second-order valence-electron chi connectivity index (χ2n) is 13.3. The zero-order chi connectivity index (χ0) is 33.5. The molecular weight excluding hydrogens is 637 g/mol. The van der Waals surface area contributed by atoms with Crippen molar-refractivity contribution in [1.82, 2.24) is 9.13 Å². The second-order valence-corrected chi connectivity index (χ2v) is 14.4. The molecule has 3 aromatic heterocycles. The Morgan fingerprint density at radius 3 is 1.55 bits per heavy atom. The lowest BCUT2D eigenvalue weighted by Gasteiger charge is -2.10. The molecule has 0 N–H and O–H groups in total. The highest BCUT2D eigenvalue weighted by Gasteiger charge is 2.18. The first-order valence-corrected chi connectivity index (χ1v) is 18.3. The molecule has 51 heavy (non-hydrogen) atoms. The van der Waals surface area contributed by atoms with E-state index in [2.05, 4.69) is 191 Å². The van der Waals surface area contributed by atoms with Gasteiger partial charge in [0.1, 0.15) is 0 Å². The Morgan fingerprint density at radius 1 is 0.314 bits per heavy atom. The summed E-state index contributed by atoms with van der Waals surface area (Å²) in [5.74, 6) is 0. The number of thiophene rings is 1. The van der Waals surface area contributed by atoms with Gasteiger partial charge < -0.3 is 9.13 Å². The molecule has 0 aliphatic rings. The van der Waals surface area contributed by atoms with Crippen molar-refractivity contribution in [2.24, 2.45) is 0 Å². The molecule has 0 amide bonds. The smallest absolute Gasteiger partial charge is 0.0547 e. The minimum absolute atomic E-state index is 1.16. The molecule has 0 fully saturated rings. The highest BCUT2D eigenvalue weighted by Crippen LogP contribution is 2.43. The van der Waals surface area contributed by atoms with Crippen molar-refractivity contribution in [1.29, 1.82) is 0 Å². The average molecular weight is 667 g/mol. The Balaban J connectivity index is 1.12. The summed E-state index contributed by atoms with van der Waals surface area (Å²) in [4.78, 5) is 0. The summed E-state index contributed by atoms with van der Waals surface area (Å²) in [7, 11) is 0. The minimum atomic E-state index is 1.16. The van der Waals surface area contributed by atoms with Crippen molar-refractivity contribution in [2.75, 3.05) is 0 Å². The van der Waals surface area contributed by atoms with Crippen LogP contribution in [0.2, 0.25) is 0 Å². The molecule has 8 aromatic carbocycles. The van der Waals surface area contributed by atoms with Gasteiger partial charge in [-0.3, -0.25) is 0 Å². The van der Waals surface area contributed by atoms with E-state index < -0.39 is 0 Å². The zero-order valence-electron chi connectivity index (χ0n) is 27.6. The number of nitrogens with zero attached hydrogens (tertiary/aromatic N) is 2. The van der Waals surface area contributed by atoms with E-state index in [9.17, 15) is 0 Å². The van der Waals surface area contributed by atoms with Crippen LogP contribution in [0.4, 0.5) is 0 Å². The van der Waals surface area contributed by atoms with E-state index in [4.69, 9.17) is 0 Å². The Bertz CT molecular complexity index is 3130. The van der Waals surface area contributed by atoms with Crippen LogP contribution >= 0.6 is 11.3 Å². The third kappa shape index (κ3) is 4.29. The third-order valence-electron chi connectivity index (χ3n) is 10.5. The lowest BCUT2D eigenvalue weighted by molar-refractivity contribution is 1.18. The monoisotopic (exact) mass is 666 g/mol. The first-order chi connectivity index (χ1) is 25.3. The number of hydrogen-bond donors (Lipinski definition) is 0. The van der Waals surface area contributed by atoms with E-state index >= 15 is 0 Å². The van der Waals surface area contributed by atoms with Crippen molar-refractivity contribution >= 4 is 75.1 Å². The minimum Gasteiger partial charge on any atom is -0.309 e. The first kappa shape index (κ1) is 28.4. The summed E-state index contributed by atoms with van der Waals surface area (Å²) < 4.78 is 7.48. The van der Waals surface area contributed by atoms with Crippen LogP contribution in [0.1, 0.15) is 0 Å². The predicted molar refractivity (Wildman–Crippen MR) is 219 cm³/mol. The molecule has 0 saturated carbocycles. The fourth-order valence-corrected chi connectivity index (χ4v) is 9.44. The molecule has 238 valence electrons. The van der Waals surface area contributed by atoms with Crippen molar-refractivity contribution in [3.05, 3.63) is 182 Å². The maximum Gasteiger partial charge on any atom is 0.0547 e. The van der Waals surface area contributed by atoms with Crippen LogP contribution in [-0.2, 0) is 0 Å². The summed E-state index contributed by atoms with van der Waals surface area (Å²) in [6.07, 6.45) is 0. The maximum atomic E-state index is 2.43. The molecule has 0 radical (unpaired) electrons. The molecule has 0 spiro atoms. The number of benzene rings is 8. The van der Waals surface area contributed by atoms with E-state index in [1.54, 1.807) is 0 Å². The van der Waals surface area contributed by atoms with E-state index in [1.807, 2.05) is 11.3 Å². The van der Waals surface area contributed by atoms with Gasteiger partial charge in [-0.25, -0.2) is 0 Å². The largest absolute Gasteiger partial charge is 0.309 e. The summed E-state index contributed by atoms with van der Waals surface area (Å²) in [6.45, 7) is 0. The third-order valence-corrected chi connectivity index (χ3v) is 11.7.